The molecule has 0 radical (unpaired) electrons. The third-order valence-electron chi connectivity index (χ3n) is 3.48. The molecule has 4 nitrogen and oxygen atoms in total. The first-order valence-electron chi connectivity index (χ1n) is 6.65. The Hall–Kier alpha value is -1.52. The first-order chi connectivity index (χ1) is 9.62. The fourth-order valence-corrected chi connectivity index (χ4v) is 2.62. The third kappa shape index (κ3) is 2.67. The van der Waals surface area contributed by atoms with Crippen LogP contribution < -0.4 is 10.1 Å². The molecule has 0 bridgehead atoms. The zero-order valence-corrected chi connectivity index (χ0v) is 13.0. The Morgan fingerprint density at radius 1 is 1.45 bits per heavy atom. The minimum absolute atomic E-state index is 0.00824. The maximum absolute atomic E-state index is 6.15. The van der Waals surface area contributed by atoms with Crippen LogP contribution in [0.5, 0.6) is 5.75 Å². The molecule has 1 aromatic heterocycles. The van der Waals surface area contributed by atoms with E-state index in [0.717, 1.165) is 28.6 Å². The second-order valence-electron chi connectivity index (χ2n) is 4.64. The van der Waals surface area contributed by atoms with Gasteiger partial charge >= 0.3 is 0 Å². The van der Waals surface area contributed by atoms with Crippen LogP contribution in [0, 0.1) is 6.92 Å². The summed E-state index contributed by atoms with van der Waals surface area (Å²) in [5, 5.41) is 8.44. The van der Waals surface area contributed by atoms with Crippen LogP contribution in [0.15, 0.2) is 24.4 Å². The monoisotopic (exact) mass is 293 g/mol. The highest BCUT2D eigenvalue weighted by molar-refractivity contribution is 6.30. The predicted molar refractivity (Wildman–Crippen MR) is 81.5 cm³/mol. The zero-order valence-electron chi connectivity index (χ0n) is 12.3. The Morgan fingerprint density at radius 3 is 2.80 bits per heavy atom. The van der Waals surface area contributed by atoms with Gasteiger partial charge in [0.05, 0.1) is 19.3 Å². The predicted octanol–water partition coefficient (Wildman–Crippen LogP) is 3.18. The number of hydrogen-bond donors (Lipinski definition) is 1. The number of rotatable bonds is 5. The van der Waals surface area contributed by atoms with E-state index in [0.29, 0.717) is 0 Å². The fraction of sp³-hybridized carbons (Fsp3) is 0.400. The van der Waals surface area contributed by atoms with Crippen LogP contribution in [0.4, 0.5) is 0 Å². The fourth-order valence-electron chi connectivity index (χ4n) is 2.44. The quantitative estimate of drug-likeness (QED) is 0.920. The van der Waals surface area contributed by atoms with Gasteiger partial charge in [0.15, 0.2) is 5.75 Å². The average molecular weight is 294 g/mol. The molecule has 0 aliphatic carbocycles. The van der Waals surface area contributed by atoms with E-state index in [1.165, 1.54) is 5.56 Å². The molecule has 1 N–H and O–H groups in total. The SMILES string of the molecule is CCn1ncc(OC)c1C(NC)c1cc(Cl)ccc1C. The Morgan fingerprint density at radius 2 is 2.20 bits per heavy atom. The molecule has 108 valence electrons. The molecule has 2 rings (SSSR count). The summed E-state index contributed by atoms with van der Waals surface area (Å²) < 4.78 is 7.39. The number of methoxy groups -OCH3 is 1. The van der Waals surface area contributed by atoms with Gasteiger partial charge in [-0.2, -0.15) is 5.10 Å². The average Bonchev–Trinajstić information content (AvgIpc) is 2.86. The lowest BCUT2D eigenvalue weighted by atomic mass is 9.98. The first kappa shape index (κ1) is 14.9. The standard InChI is InChI=1S/C15H20ClN3O/c1-5-19-15(13(20-4)9-18-19)14(17-3)12-8-11(16)7-6-10(12)2/h6-9,14,17H,5H2,1-4H3. The molecule has 0 fully saturated rings. The second kappa shape index (κ2) is 6.29. The number of aromatic nitrogens is 2. The summed E-state index contributed by atoms with van der Waals surface area (Å²) in [4.78, 5) is 0. The van der Waals surface area contributed by atoms with Crippen LogP contribution in [0.3, 0.4) is 0 Å². The summed E-state index contributed by atoms with van der Waals surface area (Å²) in [6, 6.07) is 5.92. The number of nitrogens with zero attached hydrogens (tertiary/aromatic N) is 2. The van der Waals surface area contributed by atoms with Crippen molar-refractivity contribution in [3.63, 3.8) is 0 Å². The number of halogens is 1. The van der Waals surface area contributed by atoms with Gasteiger partial charge in [0.25, 0.3) is 0 Å². The largest absolute Gasteiger partial charge is 0.493 e. The van der Waals surface area contributed by atoms with Crippen molar-refractivity contribution in [1.29, 1.82) is 0 Å². The van der Waals surface area contributed by atoms with Crippen LogP contribution in [0.2, 0.25) is 5.02 Å². The molecule has 1 heterocycles. The van der Waals surface area contributed by atoms with Gasteiger partial charge in [-0.1, -0.05) is 17.7 Å². The maximum Gasteiger partial charge on any atom is 0.161 e. The van der Waals surface area contributed by atoms with Crippen LogP contribution >= 0.6 is 11.6 Å². The van der Waals surface area contributed by atoms with Crippen molar-refractivity contribution >= 4 is 11.6 Å². The first-order valence-corrected chi connectivity index (χ1v) is 7.03. The van der Waals surface area contributed by atoms with Gasteiger partial charge in [-0.15, -0.1) is 0 Å². The van der Waals surface area contributed by atoms with Crippen LogP contribution in [0.1, 0.15) is 29.8 Å². The van der Waals surface area contributed by atoms with Gasteiger partial charge in [0.2, 0.25) is 0 Å². The van der Waals surface area contributed by atoms with Gasteiger partial charge < -0.3 is 10.1 Å². The highest BCUT2D eigenvalue weighted by atomic mass is 35.5. The van der Waals surface area contributed by atoms with E-state index >= 15 is 0 Å². The molecular weight excluding hydrogens is 274 g/mol. The van der Waals surface area contributed by atoms with Crippen molar-refractivity contribution in [1.82, 2.24) is 15.1 Å². The van der Waals surface area contributed by atoms with Gasteiger partial charge in [-0.3, -0.25) is 4.68 Å². The smallest absolute Gasteiger partial charge is 0.161 e. The van der Waals surface area contributed by atoms with E-state index in [1.807, 2.05) is 29.9 Å². The Labute approximate surface area is 124 Å². The Kier molecular flexibility index (Phi) is 4.68. The van der Waals surface area contributed by atoms with E-state index < -0.39 is 0 Å². The maximum atomic E-state index is 6.15. The van der Waals surface area contributed by atoms with Gasteiger partial charge in [0.1, 0.15) is 5.69 Å². The summed E-state index contributed by atoms with van der Waals surface area (Å²) in [6.45, 7) is 4.93. The topological polar surface area (TPSA) is 39.1 Å². The van der Waals surface area contributed by atoms with Crippen molar-refractivity contribution in [3.05, 3.63) is 46.2 Å². The highest BCUT2D eigenvalue weighted by Crippen LogP contribution is 2.32. The van der Waals surface area contributed by atoms with E-state index in [-0.39, 0.29) is 6.04 Å². The molecule has 1 aromatic carbocycles. The van der Waals surface area contributed by atoms with Crippen LogP contribution in [0.25, 0.3) is 0 Å². The van der Waals surface area contributed by atoms with Gasteiger partial charge in [-0.05, 0) is 44.2 Å². The zero-order chi connectivity index (χ0) is 14.7. The van der Waals surface area contributed by atoms with E-state index in [4.69, 9.17) is 16.3 Å². The minimum Gasteiger partial charge on any atom is -0.493 e. The summed E-state index contributed by atoms with van der Waals surface area (Å²) in [6.07, 6.45) is 1.75. The molecule has 0 saturated heterocycles. The third-order valence-corrected chi connectivity index (χ3v) is 3.71. The number of benzene rings is 1. The summed E-state index contributed by atoms with van der Waals surface area (Å²) >= 11 is 6.15. The molecule has 0 aliphatic rings. The molecular formula is C15H20ClN3O. The highest BCUT2D eigenvalue weighted by Gasteiger charge is 2.23. The Balaban J connectivity index is 2.57. The molecule has 0 aliphatic heterocycles. The summed E-state index contributed by atoms with van der Waals surface area (Å²) in [7, 11) is 3.59. The lowest BCUT2D eigenvalue weighted by Crippen LogP contribution is -2.23. The summed E-state index contributed by atoms with van der Waals surface area (Å²) in [5.41, 5.74) is 3.33. The number of nitrogens with one attached hydrogen (secondary N) is 1. The van der Waals surface area contributed by atoms with Crippen molar-refractivity contribution in [2.24, 2.45) is 0 Å². The number of aryl methyl sites for hydroxylation is 2. The summed E-state index contributed by atoms with van der Waals surface area (Å²) in [5.74, 6) is 0.783. The molecule has 1 atom stereocenters. The van der Waals surface area contributed by atoms with E-state index in [1.54, 1.807) is 13.3 Å². The van der Waals surface area contributed by atoms with Crippen LogP contribution in [-0.2, 0) is 6.54 Å². The normalized spacial score (nSPS) is 12.4. The molecule has 1 unspecified atom stereocenters. The van der Waals surface area contributed by atoms with Crippen molar-refractivity contribution in [2.45, 2.75) is 26.4 Å². The molecule has 2 aromatic rings. The number of hydrogen-bond acceptors (Lipinski definition) is 3. The van der Waals surface area contributed by atoms with Crippen molar-refractivity contribution in [3.8, 4) is 5.75 Å². The Bertz CT molecular complexity index is 573. The molecule has 5 heteroatoms. The number of ether oxygens (including phenoxy) is 1. The lowest BCUT2D eigenvalue weighted by molar-refractivity contribution is 0.401. The lowest BCUT2D eigenvalue weighted by Gasteiger charge is -2.21. The van der Waals surface area contributed by atoms with Crippen molar-refractivity contribution < 1.29 is 4.74 Å². The second-order valence-corrected chi connectivity index (χ2v) is 5.07. The molecule has 0 amide bonds. The van der Waals surface area contributed by atoms with E-state index in [9.17, 15) is 0 Å². The minimum atomic E-state index is -0.00824. The van der Waals surface area contributed by atoms with Crippen LogP contribution in [-0.4, -0.2) is 23.9 Å². The van der Waals surface area contributed by atoms with Crippen molar-refractivity contribution in [2.75, 3.05) is 14.2 Å². The molecule has 20 heavy (non-hydrogen) atoms. The van der Waals surface area contributed by atoms with Gasteiger partial charge in [0, 0.05) is 11.6 Å². The van der Waals surface area contributed by atoms with E-state index in [2.05, 4.69) is 24.3 Å². The molecule has 0 saturated carbocycles. The van der Waals surface area contributed by atoms with Gasteiger partial charge in [-0.25, -0.2) is 0 Å². The molecule has 0 spiro atoms.